The molecule has 1 N–H and O–H groups in total. The van der Waals surface area contributed by atoms with Gasteiger partial charge in [0.05, 0.1) is 18.0 Å². The number of benzene rings is 1. The monoisotopic (exact) mass is 255 g/mol. The molecule has 98 valence electrons. The average molecular weight is 255 g/mol. The van der Waals surface area contributed by atoms with Crippen molar-refractivity contribution in [3.8, 4) is 11.5 Å². The van der Waals surface area contributed by atoms with Gasteiger partial charge in [0.1, 0.15) is 11.5 Å². The maximum atomic E-state index is 9.41. The zero-order chi connectivity index (χ0) is 13.2. The average Bonchev–Trinajstić information content (AvgIpc) is 2.87. The number of aromatic nitrogens is 1. The van der Waals surface area contributed by atoms with Crippen molar-refractivity contribution in [1.82, 2.24) is 4.98 Å². The molecule has 0 saturated heterocycles. The van der Waals surface area contributed by atoms with Crippen molar-refractivity contribution < 1.29 is 9.84 Å². The summed E-state index contributed by atoms with van der Waals surface area (Å²) >= 11 is 0. The van der Waals surface area contributed by atoms with E-state index in [0.29, 0.717) is 11.4 Å². The quantitative estimate of drug-likeness (QED) is 0.913. The molecule has 0 fully saturated rings. The first-order chi connectivity index (χ1) is 9.22. The molecule has 1 aromatic heterocycles. The molecule has 2 aromatic rings. The van der Waals surface area contributed by atoms with Crippen molar-refractivity contribution in [2.45, 2.75) is 32.3 Å². The second-order valence-corrected chi connectivity index (χ2v) is 4.98. The maximum absolute atomic E-state index is 9.41. The lowest BCUT2D eigenvalue weighted by Crippen LogP contribution is -1.95. The third-order valence-electron chi connectivity index (χ3n) is 3.49. The minimum atomic E-state index is -0.547. The number of ether oxygens (including phenoxy) is 1. The predicted molar refractivity (Wildman–Crippen MR) is 73.4 cm³/mol. The number of aryl methyl sites for hydroxylation is 2. The highest BCUT2D eigenvalue weighted by molar-refractivity contribution is 5.40. The van der Waals surface area contributed by atoms with Gasteiger partial charge < -0.3 is 9.84 Å². The van der Waals surface area contributed by atoms with E-state index in [4.69, 9.17) is 4.74 Å². The summed E-state index contributed by atoms with van der Waals surface area (Å²) in [5, 5.41) is 9.41. The predicted octanol–water partition coefficient (Wildman–Crippen LogP) is 3.42. The number of nitrogens with zero attached hydrogens (tertiary/aromatic N) is 1. The molecule has 1 atom stereocenters. The SMILES string of the molecule is C[C@@H](O)c1ccc(Oc2ccc3c(c2)CCC3)cn1. The third kappa shape index (κ3) is 2.61. The Kier molecular flexibility index (Phi) is 3.22. The molecule has 1 aliphatic rings. The van der Waals surface area contributed by atoms with Crippen LogP contribution in [0.3, 0.4) is 0 Å². The van der Waals surface area contributed by atoms with Gasteiger partial charge in [-0.2, -0.15) is 0 Å². The molecule has 0 spiro atoms. The van der Waals surface area contributed by atoms with Crippen LogP contribution in [0.5, 0.6) is 11.5 Å². The van der Waals surface area contributed by atoms with Gasteiger partial charge in [0.15, 0.2) is 0 Å². The van der Waals surface area contributed by atoms with Crippen LogP contribution in [-0.4, -0.2) is 10.1 Å². The van der Waals surface area contributed by atoms with Gasteiger partial charge in [-0.25, -0.2) is 0 Å². The van der Waals surface area contributed by atoms with Crippen LogP contribution >= 0.6 is 0 Å². The summed E-state index contributed by atoms with van der Waals surface area (Å²) in [5.41, 5.74) is 3.49. The number of pyridine rings is 1. The number of hydrogen-bond acceptors (Lipinski definition) is 3. The van der Waals surface area contributed by atoms with Crippen LogP contribution in [-0.2, 0) is 12.8 Å². The van der Waals surface area contributed by atoms with E-state index in [-0.39, 0.29) is 0 Å². The number of aliphatic hydroxyl groups is 1. The number of aliphatic hydroxyl groups excluding tert-OH is 1. The molecule has 0 aliphatic heterocycles. The zero-order valence-electron chi connectivity index (χ0n) is 11.0. The van der Waals surface area contributed by atoms with Crippen molar-refractivity contribution in [1.29, 1.82) is 0 Å². The first-order valence-corrected chi connectivity index (χ1v) is 6.66. The highest BCUT2D eigenvalue weighted by Gasteiger charge is 2.11. The standard InChI is InChI=1S/C16H17NO2/c1-11(18)16-8-7-15(10-17-16)19-14-6-5-12-3-2-4-13(12)9-14/h5-11,18H,2-4H2,1H3/t11-/m1/s1. The Morgan fingerprint density at radius 3 is 2.63 bits per heavy atom. The molecular weight excluding hydrogens is 238 g/mol. The van der Waals surface area contributed by atoms with Gasteiger partial charge in [-0.15, -0.1) is 0 Å². The van der Waals surface area contributed by atoms with Crippen molar-refractivity contribution in [3.63, 3.8) is 0 Å². The zero-order valence-corrected chi connectivity index (χ0v) is 11.0. The fraction of sp³-hybridized carbons (Fsp3) is 0.312. The van der Waals surface area contributed by atoms with Crippen LogP contribution < -0.4 is 4.74 Å². The number of rotatable bonds is 3. The molecule has 0 bridgehead atoms. The lowest BCUT2D eigenvalue weighted by Gasteiger charge is -2.09. The first-order valence-electron chi connectivity index (χ1n) is 6.66. The molecule has 0 saturated carbocycles. The Hall–Kier alpha value is -1.87. The second kappa shape index (κ2) is 5.02. The van der Waals surface area contributed by atoms with Crippen molar-refractivity contribution in [2.24, 2.45) is 0 Å². The lowest BCUT2D eigenvalue weighted by atomic mass is 10.1. The minimum Gasteiger partial charge on any atom is -0.456 e. The van der Waals surface area contributed by atoms with Crippen molar-refractivity contribution in [3.05, 3.63) is 53.3 Å². The van der Waals surface area contributed by atoms with Gasteiger partial charge >= 0.3 is 0 Å². The maximum Gasteiger partial charge on any atom is 0.145 e. The number of hydrogen-bond donors (Lipinski definition) is 1. The fourth-order valence-corrected chi connectivity index (χ4v) is 2.45. The Morgan fingerprint density at radius 2 is 1.89 bits per heavy atom. The minimum absolute atomic E-state index is 0.547. The van der Waals surface area contributed by atoms with Crippen molar-refractivity contribution in [2.75, 3.05) is 0 Å². The molecular formula is C16H17NO2. The molecule has 1 aromatic carbocycles. The van der Waals surface area contributed by atoms with E-state index < -0.39 is 6.10 Å². The molecule has 0 amide bonds. The van der Waals surface area contributed by atoms with Crippen LogP contribution in [0, 0.1) is 0 Å². The van der Waals surface area contributed by atoms with Crippen LogP contribution in [0.2, 0.25) is 0 Å². The fourth-order valence-electron chi connectivity index (χ4n) is 2.45. The van der Waals surface area contributed by atoms with Crippen LogP contribution in [0.15, 0.2) is 36.5 Å². The van der Waals surface area contributed by atoms with Gasteiger partial charge in [0.2, 0.25) is 0 Å². The lowest BCUT2D eigenvalue weighted by molar-refractivity contribution is 0.194. The molecule has 19 heavy (non-hydrogen) atoms. The normalized spacial score (nSPS) is 15.1. The summed E-state index contributed by atoms with van der Waals surface area (Å²) in [4.78, 5) is 4.17. The van der Waals surface area contributed by atoms with Crippen molar-refractivity contribution >= 4 is 0 Å². The van der Waals surface area contributed by atoms with E-state index in [1.807, 2.05) is 12.1 Å². The summed E-state index contributed by atoms with van der Waals surface area (Å²) in [6, 6.07) is 9.89. The van der Waals surface area contributed by atoms with Gasteiger partial charge in [-0.1, -0.05) is 6.07 Å². The summed E-state index contributed by atoms with van der Waals surface area (Å²) < 4.78 is 5.79. The van der Waals surface area contributed by atoms with Gasteiger partial charge in [-0.3, -0.25) is 4.98 Å². The highest BCUT2D eigenvalue weighted by Crippen LogP contribution is 2.28. The van der Waals surface area contributed by atoms with Gasteiger partial charge in [-0.05, 0) is 61.6 Å². The Labute approximate surface area is 112 Å². The Balaban J connectivity index is 1.77. The van der Waals surface area contributed by atoms with E-state index in [1.54, 1.807) is 19.2 Å². The Bertz CT molecular complexity index is 576. The summed E-state index contributed by atoms with van der Waals surface area (Å²) in [6.07, 6.45) is 4.67. The molecule has 3 heteroatoms. The molecule has 0 unspecified atom stereocenters. The van der Waals surface area contributed by atoms with E-state index in [1.165, 1.54) is 24.0 Å². The van der Waals surface area contributed by atoms with Crippen LogP contribution in [0.25, 0.3) is 0 Å². The largest absolute Gasteiger partial charge is 0.456 e. The molecule has 0 radical (unpaired) electrons. The summed E-state index contributed by atoms with van der Waals surface area (Å²) in [7, 11) is 0. The molecule has 1 heterocycles. The van der Waals surface area contributed by atoms with E-state index in [2.05, 4.69) is 17.1 Å². The third-order valence-corrected chi connectivity index (χ3v) is 3.49. The summed E-state index contributed by atoms with van der Waals surface area (Å²) in [5.74, 6) is 1.55. The molecule has 3 nitrogen and oxygen atoms in total. The Morgan fingerprint density at radius 1 is 1.11 bits per heavy atom. The van der Waals surface area contributed by atoms with E-state index in [0.717, 1.165) is 12.2 Å². The number of fused-ring (bicyclic) bond motifs is 1. The molecule has 1 aliphatic carbocycles. The topological polar surface area (TPSA) is 42.4 Å². The highest BCUT2D eigenvalue weighted by atomic mass is 16.5. The van der Waals surface area contributed by atoms with Gasteiger partial charge in [0.25, 0.3) is 0 Å². The molecule has 3 rings (SSSR count). The van der Waals surface area contributed by atoms with Crippen LogP contribution in [0.1, 0.15) is 36.3 Å². The second-order valence-electron chi connectivity index (χ2n) is 4.98. The van der Waals surface area contributed by atoms with Gasteiger partial charge in [0, 0.05) is 0 Å². The first kappa shape index (κ1) is 12.2. The summed E-state index contributed by atoms with van der Waals surface area (Å²) in [6.45, 7) is 1.70. The van der Waals surface area contributed by atoms with E-state index >= 15 is 0 Å². The van der Waals surface area contributed by atoms with E-state index in [9.17, 15) is 5.11 Å². The smallest absolute Gasteiger partial charge is 0.145 e. The van der Waals surface area contributed by atoms with Crippen LogP contribution in [0.4, 0.5) is 0 Å².